The molecule has 1 amide bonds. The van der Waals surface area contributed by atoms with Crippen molar-refractivity contribution in [3.8, 4) is 22.9 Å². The lowest BCUT2D eigenvalue weighted by molar-refractivity contribution is 0.0933. The van der Waals surface area contributed by atoms with Crippen LogP contribution in [0.2, 0.25) is 0 Å². The molecule has 0 saturated heterocycles. The SMILES string of the molecule is COc1cc(C(C)NC(=O)c2nn(-c3ccccc3C)c3c2CCC3)cc(OC)c1OC. The summed E-state index contributed by atoms with van der Waals surface area (Å²) in [6.07, 6.45) is 2.82. The van der Waals surface area contributed by atoms with E-state index >= 15 is 0 Å². The van der Waals surface area contributed by atoms with Crippen LogP contribution < -0.4 is 19.5 Å². The Bertz CT molecular complexity index is 1130. The van der Waals surface area contributed by atoms with Gasteiger partial charge in [0.15, 0.2) is 17.2 Å². The standard InChI is InChI=1S/C25H29N3O4/c1-15-9-6-7-11-19(15)28-20-12-8-10-18(20)23(27-28)25(29)26-16(2)17-13-21(30-3)24(32-5)22(14-17)31-4/h6-7,9,11,13-14,16H,8,10,12H2,1-5H3,(H,26,29). The highest BCUT2D eigenvalue weighted by Crippen LogP contribution is 2.39. The summed E-state index contributed by atoms with van der Waals surface area (Å²) >= 11 is 0. The van der Waals surface area contributed by atoms with Crippen LogP contribution in [-0.4, -0.2) is 37.0 Å². The van der Waals surface area contributed by atoms with Crippen LogP contribution in [0.3, 0.4) is 0 Å². The number of aryl methyl sites for hydroxylation is 1. The number of rotatable bonds is 7. The molecule has 0 bridgehead atoms. The lowest BCUT2D eigenvalue weighted by atomic mass is 10.1. The summed E-state index contributed by atoms with van der Waals surface area (Å²) in [7, 11) is 4.72. The van der Waals surface area contributed by atoms with Crippen LogP contribution in [0.5, 0.6) is 17.2 Å². The van der Waals surface area contributed by atoms with Crippen molar-refractivity contribution in [1.82, 2.24) is 15.1 Å². The number of ether oxygens (including phenoxy) is 3. The van der Waals surface area contributed by atoms with E-state index in [4.69, 9.17) is 19.3 Å². The molecular weight excluding hydrogens is 406 g/mol. The fraction of sp³-hybridized carbons (Fsp3) is 0.360. The highest BCUT2D eigenvalue weighted by atomic mass is 16.5. The zero-order valence-electron chi connectivity index (χ0n) is 19.2. The van der Waals surface area contributed by atoms with Crippen molar-refractivity contribution in [3.63, 3.8) is 0 Å². The molecule has 1 aliphatic rings. The summed E-state index contributed by atoms with van der Waals surface area (Å²) in [6, 6.07) is 11.5. The number of nitrogens with one attached hydrogen (secondary N) is 1. The molecule has 1 aliphatic carbocycles. The number of benzene rings is 2. The van der Waals surface area contributed by atoms with Crippen LogP contribution in [0.15, 0.2) is 36.4 Å². The van der Waals surface area contributed by atoms with Crippen LogP contribution in [0, 0.1) is 6.92 Å². The minimum Gasteiger partial charge on any atom is -0.493 e. The highest BCUT2D eigenvalue weighted by Gasteiger charge is 2.28. The summed E-state index contributed by atoms with van der Waals surface area (Å²) in [4.78, 5) is 13.3. The fourth-order valence-corrected chi connectivity index (χ4v) is 4.32. The first kappa shape index (κ1) is 21.7. The molecule has 3 aromatic rings. The second kappa shape index (κ2) is 8.94. The van der Waals surface area contributed by atoms with Crippen LogP contribution in [0.25, 0.3) is 5.69 Å². The van der Waals surface area contributed by atoms with E-state index in [1.807, 2.05) is 41.9 Å². The van der Waals surface area contributed by atoms with Gasteiger partial charge in [0.2, 0.25) is 5.75 Å². The molecule has 7 heteroatoms. The van der Waals surface area contributed by atoms with Gasteiger partial charge >= 0.3 is 0 Å². The Morgan fingerprint density at radius 2 is 1.75 bits per heavy atom. The largest absolute Gasteiger partial charge is 0.493 e. The Labute approximate surface area is 188 Å². The minimum absolute atomic E-state index is 0.184. The summed E-state index contributed by atoms with van der Waals surface area (Å²) in [6.45, 7) is 3.99. The third kappa shape index (κ3) is 3.79. The Balaban J connectivity index is 1.64. The van der Waals surface area contributed by atoms with Crippen LogP contribution in [0.1, 0.15) is 52.3 Å². The van der Waals surface area contributed by atoms with E-state index in [1.165, 1.54) is 0 Å². The van der Waals surface area contributed by atoms with Crippen molar-refractivity contribution in [2.45, 2.75) is 39.2 Å². The predicted octanol–water partition coefficient (Wildman–Crippen LogP) is 4.19. The maximum absolute atomic E-state index is 13.3. The van der Waals surface area contributed by atoms with Gasteiger partial charge < -0.3 is 19.5 Å². The molecule has 0 aliphatic heterocycles. The first-order valence-electron chi connectivity index (χ1n) is 10.8. The molecule has 4 rings (SSSR count). The highest BCUT2D eigenvalue weighted by molar-refractivity contribution is 5.94. The third-order valence-electron chi connectivity index (χ3n) is 6.02. The first-order chi connectivity index (χ1) is 15.5. The Morgan fingerprint density at radius 3 is 2.38 bits per heavy atom. The van der Waals surface area contributed by atoms with Crippen molar-refractivity contribution in [2.75, 3.05) is 21.3 Å². The molecule has 1 atom stereocenters. The maximum Gasteiger partial charge on any atom is 0.272 e. The monoisotopic (exact) mass is 435 g/mol. The average Bonchev–Trinajstić information content (AvgIpc) is 3.41. The van der Waals surface area contributed by atoms with Gasteiger partial charge in [-0.2, -0.15) is 5.10 Å². The molecule has 32 heavy (non-hydrogen) atoms. The number of carbonyl (C=O) groups excluding carboxylic acids is 1. The number of nitrogens with zero attached hydrogens (tertiary/aromatic N) is 2. The fourth-order valence-electron chi connectivity index (χ4n) is 4.32. The summed E-state index contributed by atoms with van der Waals surface area (Å²) in [5.74, 6) is 1.43. The molecule has 0 saturated carbocycles. The van der Waals surface area contributed by atoms with Gasteiger partial charge in [-0.25, -0.2) is 4.68 Å². The molecular formula is C25H29N3O4. The molecule has 0 fully saturated rings. The topological polar surface area (TPSA) is 74.6 Å². The van der Waals surface area contributed by atoms with Gasteiger partial charge in [0.05, 0.1) is 33.1 Å². The second-order valence-corrected chi connectivity index (χ2v) is 7.98. The van der Waals surface area contributed by atoms with Gasteiger partial charge in [-0.3, -0.25) is 4.79 Å². The summed E-state index contributed by atoms with van der Waals surface area (Å²) in [5.41, 5.74) is 5.67. The molecule has 168 valence electrons. The molecule has 1 N–H and O–H groups in total. The molecule has 1 heterocycles. The van der Waals surface area contributed by atoms with E-state index in [0.717, 1.165) is 47.3 Å². The molecule has 0 radical (unpaired) electrons. The van der Waals surface area contributed by atoms with Crippen molar-refractivity contribution in [3.05, 3.63) is 64.5 Å². The van der Waals surface area contributed by atoms with Gasteiger partial charge in [-0.15, -0.1) is 0 Å². The predicted molar refractivity (Wildman–Crippen MR) is 122 cm³/mol. The first-order valence-corrected chi connectivity index (χ1v) is 10.8. The lowest BCUT2D eigenvalue weighted by Crippen LogP contribution is -2.28. The van der Waals surface area contributed by atoms with Gasteiger partial charge in [-0.1, -0.05) is 18.2 Å². The number of hydrogen-bond acceptors (Lipinski definition) is 5. The molecule has 7 nitrogen and oxygen atoms in total. The number of fused-ring (bicyclic) bond motifs is 1. The number of aromatic nitrogens is 2. The van der Waals surface area contributed by atoms with Crippen molar-refractivity contribution >= 4 is 5.91 Å². The molecule has 0 spiro atoms. The maximum atomic E-state index is 13.3. The Hall–Kier alpha value is -3.48. The summed E-state index contributed by atoms with van der Waals surface area (Å²) < 4.78 is 18.2. The molecule has 1 aromatic heterocycles. The Morgan fingerprint density at radius 1 is 1.06 bits per heavy atom. The van der Waals surface area contributed by atoms with Gasteiger partial charge in [0.25, 0.3) is 5.91 Å². The van der Waals surface area contributed by atoms with Crippen LogP contribution in [-0.2, 0) is 12.8 Å². The van der Waals surface area contributed by atoms with Gasteiger partial charge in [0.1, 0.15) is 0 Å². The minimum atomic E-state index is -0.281. The van der Waals surface area contributed by atoms with E-state index < -0.39 is 0 Å². The number of hydrogen-bond donors (Lipinski definition) is 1. The third-order valence-corrected chi connectivity index (χ3v) is 6.02. The van der Waals surface area contributed by atoms with Crippen LogP contribution >= 0.6 is 0 Å². The van der Waals surface area contributed by atoms with Crippen LogP contribution in [0.4, 0.5) is 0 Å². The number of amides is 1. The number of carbonyl (C=O) groups is 1. The van der Waals surface area contributed by atoms with Crippen molar-refractivity contribution in [1.29, 1.82) is 0 Å². The van der Waals surface area contributed by atoms with E-state index in [2.05, 4.69) is 18.3 Å². The normalized spacial score (nSPS) is 13.4. The summed E-state index contributed by atoms with van der Waals surface area (Å²) in [5, 5.41) is 7.83. The lowest BCUT2D eigenvalue weighted by Gasteiger charge is -2.18. The quantitative estimate of drug-likeness (QED) is 0.602. The van der Waals surface area contributed by atoms with E-state index in [-0.39, 0.29) is 11.9 Å². The number of para-hydroxylation sites is 1. The number of methoxy groups -OCH3 is 3. The van der Waals surface area contributed by atoms with Crippen molar-refractivity contribution in [2.24, 2.45) is 0 Å². The molecule has 1 unspecified atom stereocenters. The van der Waals surface area contributed by atoms with Crippen molar-refractivity contribution < 1.29 is 19.0 Å². The molecule has 2 aromatic carbocycles. The second-order valence-electron chi connectivity index (χ2n) is 7.98. The zero-order valence-corrected chi connectivity index (χ0v) is 19.2. The Kier molecular flexibility index (Phi) is 6.08. The smallest absolute Gasteiger partial charge is 0.272 e. The van der Waals surface area contributed by atoms with E-state index in [1.54, 1.807) is 21.3 Å². The van der Waals surface area contributed by atoms with Gasteiger partial charge in [-0.05, 0) is 62.4 Å². The average molecular weight is 436 g/mol. The zero-order chi connectivity index (χ0) is 22.8. The van der Waals surface area contributed by atoms with E-state index in [9.17, 15) is 4.79 Å². The van der Waals surface area contributed by atoms with Gasteiger partial charge in [0, 0.05) is 11.3 Å². The van der Waals surface area contributed by atoms with E-state index in [0.29, 0.717) is 22.9 Å².